The number of anilines is 1. The van der Waals surface area contributed by atoms with Gasteiger partial charge in [-0.05, 0) is 94.0 Å². The fraction of sp³-hybridized carbons (Fsp3) is 0.571. The van der Waals surface area contributed by atoms with Crippen molar-refractivity contribution in [1.82, 2.24) is 4.90 Å². The van der Waals surface area contributed by atoms with E-state index in [1.807, 2.05) is 0 Å². The Labute approximate surface area is 215 Å². The van der Waals surface area contributed by atoms with Crippen LogP contribution in [0.15, 0.2) is 48.5 Å². The molecule has 0 spiro atoms. The summed E-state index contributed by atoms with van der Waals surface area (Å²) in [7, 11) is 0. The van der Waals surface area contributed by atoms with Crippen LogP contribution in [0.5, 0.6) is 5.75 Å². The SMILES string of the molecule is CCN(CC)c1ccc(CCC(C)CN2CCCC(COc3ccc(C(F)(F)F)cc3)C2)cc1.Cl. The molecular weight excluding hydrogens is 473 g/mol. The van der Waals surface area contributed by atoms with Crippen molar-refractivity contribution < 1.29 is 17.9 Å². The number of halogens is 4. The Bertz CT molecular complexity index is 854. The zero-order valence-electron chi connectivity index (χ0n) is 21.2. The van der Waals surface area contributed by atoms with E-state index in [1.54, 1.807) is 0 Å². The van der Waals surface area contributed by atoms with Crippen molar-refractivity contribution in [3.8, 4) is 5.75 Å². The second-order valence-corrected chi connectivity index (χ2v) is 9.58. The van der Waals surface area contributed by atoms with E-state index >= 15 is 0 Å². The average molecular weight is 513 g/mol. The van der Waals surface area contributed by atoms with Gasteiger partial charge in [0.05, 0.1) is 12.2 Å². The van der Waals surface area contributed by atoms with Crippen molar-refractivity contribution in [1.29, 1.82) is 0 Å². The number of aryl methyl sites for hydroxylation is 1. The maximum Gasteiger partial charge on any atom is 0.416 e. The Balaban J connectivity index is 0.00000432. The molecule has 0 radical (unpaired) electrons. The minimum absolute atomic E-state index is 0. The second-order valence-electron chi connectivity index (χ2n) is 9.58. The van der Waals surface area contributed by atoms with Crippen LogP contribution in [0.2, 0.25) is 0 Å². The monoisotopic (exact) mass is 512 g/mol. The summed E-state index contributed by atoms with van der Waals surface area (Å²) in [6.07, 6.45) is 0.181. The third-order valence-corrected chi connectivity index (χ3v) is 6.83. The largest absolute Gasteiger partial charge is 0.493 e. The lowest BCUT2D eigenvalue weighted by atomic mass is 9.96. The molecule has 3 nitrogen and oxygen atoms in total. The average Bonchev–Trinajstić information content (AvgIpc) is 2.83. The van der Waals surface area contributed by atoms with Gasteiger partial charge in [-0.25, -0.2) is 0 Å². The van der Waals surface area contributed by atoms with E-state index in [-0.39, 0.29) is 12.4 Å². The summed E-state index contributed by atoms with van der Waals surface area (Å²) < 4.78 is 44.0. The van der Waals surface area contributed by atoms with Crippen LogP contribution >= 0.6 is 12.4 Å². The van der Waals surface area contributed by atoms with Crippen molar-refractivity contribution in [2.24, 2.45) is 11.8 Å². The van der Waals surface area contributed by atoms with Crippen molar-refractivity contribution in [3.05, 3.63) is 59.7 Å². The van der Waals surface area contributed by atoms with Crippen LogP contribution in [0.4, 0.5) is 18.9 Å². The van der Waals surface area contributed by atoms with Crippen LogP contribution < -0.4 is 9.64 Å². The summed E-state index contributed by atoms with van der Waals surface area (Å²) in [5.41, 5.74) is 2.04. The second kappa shape index (κ2) is 14.0. The number of hydrogen-bond donors (Lipinski definition) is 0. The number of hydrogen-bond acceptors (Lipinski definition) is 3. The van der Waals surface area contributed by atoms with E-state index in [0.29, 0.717) is 24.2 Å². The molecule has 2 unspecified atom stereocenters. The van der Waals surface area contributed by atoms with Crippen LogP contribution in [0.1, 0.15) is 51.2 Å². The molecule has 0 aromatic heterocycles. The highest BCUT2D eigenvalue weighted by atomic mass is 35.5. The van der Waals surface area contributed by atoms with Gasteiger partial charge in [-0.15, -0.1) is 12.4 Å². The van der Waals surface area contributed by atoms with Gasteiger partial charge in [0.1, 0.15) is 5.75 Å². The van der Waals surface area contributed by atoms with E-state index in [0.717, 1.165) is 70.5 Å². The number of ether oxygens (including phenoxy) is 1. The predicted octanol–water partition coefficient (Wildman–Crippen LogP) is 7.33. The van der Waals surface area contributed by atoms with Crippen LogP contribution in [0, 0.1) is 11.8 Å². The van der Waals surface area contributed by atoms with Gasteiger partial charge in [0.25, 0.3) is 0 Å². The smallest absolute Gasteiger partial charge is 0.416 e. The molecule has 1 aliphatic rings. The normalized spacial score (nSPS) is 17.5. The third kappa shape index (κ3) is 9.23. The lowest BCUT2D eigenvalue weighted by Crippen LogP contribution is -2.40. The van der Waals surface area contributed by atoms with Crippen LogP contribution in [-0.4, -0.2) is 44.2 Å². The Morgan fingerprint density at radius 1 is 1.03 bits per heavy atom. The van der Waals surface area contributed by atoms with E-state index < -0.39 is 11.7 Å². The topological polar surface area (TPSA) is 15.7 Å². The molecule has 35 heavy (non-hydrogen) atoms. The molecule has 2 aromatic carbocycles. The number of alkyl halides is 3. The molecule has 0 saturated carbocycles. The molecule has 0 N–H and O–H groups in total. The highest BCUT2D eigenvalue weighted by Gasteiger charge is 2.30. The first kappa shape index (κ1) is 29.3. The summed E-state index contributed by atoms with van der Waals surface area (Å²) in [5, 5.41) is 0. The zero-order chi connectivity index (χ0) is 24.6. The quantitative estimate of drug-likeness (QED) is 0.313. The van der Waals surface area contributed by atoms with E-state index in [1.165, 1.54) is 23.4 Å². The highest BCUT2D eigenvalue weighted by Crippen LogP contribution is 2.30. The van der Waals surface area contributed by atoms with Gasteiger partial charge in [0.15, 0.2) is 0 Å². The van der Waals surface area contributed by atoms with E-state index in [9.17, 15) is 13.2 Å². The number of rotatable bonds is 11. The Morgan fingerprint density at radius 2 is 1.69 bits per heavy atom. The van der Waals surface area contributed by atoms with Gasteiger partial charge in [-0.1, -0.05) is 19.1 Å². The number of likely N-dealkylation sites (tertiary alicyclic amines) is 1. The number of benzene rings is 2. The number of piperidine rings is 1. The van der Waals surface area contributed by atoms with Crippen molar-refractivity contribution in [2.75, 3.05) is 44.2 Å². The molecule has 2 aromatic rings. The zero-order valence-corrected chi connectivity index (χ0v) is 22.0. The Hall–Kier alpha value is -1.92. The van der Waals surface area contributed by atoms with Gasteiger partial charge >= 0.3 is 6.18 Å². The molecule has 0 bridgehead atoms. The summed E-state index contributed by atoms with van der Waals surface area (Å²) in [4.78, 5) is 4.89. The molecule has 1 heterocycles. The van der Waals surface area contributed by atoms with Gasteiger partial charge in [-0.2, -0.15) is 13.2 Å². The highest BCUT2D eigenvalue weighted by molar-refractivity contribution is 5.85. The standard InChI is InChI=1S/C28H39F3N2O.ClH/c1-4-33(5-2)26-14-10-23(11-15-26)9-8-22(3)19-32-18-6-7-24(20-32)21-34-27-16-12-25(13-17-27)28(29,30)31;/h10-17,22,24H,4-9,18-21H2,1-3H3;1H. The molecule has 7 heteroatoms. The fourth-order valence-electron chi connectivity index (χ4n) is 4.81. The van der Waals surface area contributed by atoms with Crippen molar-refractivity contribution in [3.63, 3.8) is 0 Å². The lowest BCUT2D eigenvalue weighted by Gasteiger charge is -2.34. The molecule has 0 amide bonds. The molecule has 0 aliphatic carbocycles. The van der Waals surface area contributed by atoms with Gasteiger partial charge < -0.3 is 14.5 Å². The van der Waals surface area contributed by atoms with Gasteiger partial charge in [0, 0.05) is 37.8 Å². The van der Waals surface area contributed by atoms with Crippen molar-refractivity contribution in [2.45, 2.75) is 52.6 Å². The van der Waals surface area contributed by atoms with Gasteiger partial charge in [0.2, 0.25) is 0 Å². The molecule has 196 valence electrons. The Morgan fingerprint density at radius 3 is 2.29 bits per heavy atom. The summed E-state index contributed by atoms with van der Waals surface area (Å²) in [5.74, 6) is 1.53. The minimum Gasteiger partial charge on any atom is -0.493 e. The first-order valence-electron chi connectivity index (χ1n) is 12.6. The fourth-order valence-corrected chi connectivity index (χ4v) is 4.81. The van der Waals surface area contributed by atoms with Crippen molar-refractivity contribution >= 4 is 18.1 Å². The van der Waals surface area contributed by atoms with E-state index in [2.05, 4.69) is 54.8 Å². The molecular formula is C28H40ClF3N2O. The third-order valence-electron chi connectivity index (χ3n) is 6.83. The summed E-state index contributed by atoms with van der Waals surface area (Å²) >= 11 is 0. The predicted molar refractivity (Wildman–Crippen MR) is 141 cm³/mol. The van der Waals surface area contributed by atoms with Gasteiger partial charge in [-0.3, -0.25) is 0 Å². The lowest BCUT2D eigenvalue weighted by molar-refractivity contribution is -0.137. The summed E-state index contributed by atoms with van der Waals surface area (Å²) in [6, 6.07) is 14.0. The van der Waals surface area contributed by atoms with Crippen LogP contribution in [-0.2, 0) is 12.6 Å². The number of nitrogens with zero attached hydrogens (tertiary/aromatic N) is 2. The molecule has 1 aliphatic heterocycles. The summed E-state index contributed by atoms with van der Waals surface area (Å²) in [6.45, 7) is 12.5. The first-order valence-corrected chi connectivity index (χ1v) is 12.6. The molecule has 2 atom stereocenters. The van der Waals surface area contributed by atoms with Crippen LogP contribution in [0.3, 0.4) is 0 Å². The van der Waals surface area contributed by atoms with Crippen LogP contribution in [0.25, 0.3) is 0 Å². The maximum absolute atomic E-state index is 12.7. The minimum atomic E-state index is -4.31. The molecule has 1 fully saturated rings. The molecule has 3 rings (SSSR count). The van der Waals surface area contributed by atoms with E-state index in [4.69, 9.17) is 4.74 Å². The molecule has 1 saturated heterocycles. The maximum atomic E-state index is 12.7. The Kier molecular flexibility index (Phi) is 11.7. The first-order chi connectivity index (χ1) is 16.3.